The van der Waals surface area contributed by atoms with Gasteiger partial charge in [-0.3, -0.25) is 20.4 Å². The summed E-state index contributed by atoms with van der Waals surface area (Å²) in [7, 11) is -3.57. The lowest BCUT2D eigenvalue weighted by atomic mass is 9.99. The minimum atomic E-state index is -3.57. The van der Waals surface area contributed by atoms with Crippen molar-refractivity contribution < 1.29 is 18.0 Å². The molecule has 25 heavy (non-hydrogen) atoms. The van der Waals surface area contributed by atoms with E-state index in [0.717, 1.165) is 11.3 Å². The molecule has 3 heterocycles. The van der Waals surface area contributed by atoms with Gasteiger partial charge in [-0.05, 0) is 35.7 Å². The van der Waals surface area contributed by atoms with Gasteiger partial charge >= 0.3 is 0 Å². The van der Waals surface area contributed by atoms with Crippen molar-refractivity contribution in [2.75, 3.05) is 13.1 Å². The van der Waals surface area contributed by atoms with Crippen molar-refractivity contribution in [3.8, 4) is 0 Å². The molecule has 1 aliphatic rings. The summed E-state index contributed by atoms with van der Waals surface area (Å²) < 4.78 is 26.8. The van der Waals surface area contributed by atoms with E-state index < -0.39 is 15.9 Å². The van der Waals surface area contributed by atoms with E-state index in [0.29, 0.717) is 24.3 Å². The van der Waals surface area contributed by atoms with Crippen LogP contribution in [0.5, 0.6) is 0 Å². The third-order valence-electron chi connectivity index (χ3n) is 3.89. The highest BCUT2D eigenvalue weighted by molar-refractivity contribution is 7.91. The van der Waals surface area contributed by atoms with Gasteiger partial charge in [0.25, 0.3) is 15.9 Å². The molecule has 0 unspecified atom stereocenters. The van der Waals surface area contributed by atoms with Crippen molar-refractivity contribution in [3.05, 3.63) is 39.9 Å². The first kappa shape index (κ1) is 18.1. The van der Waals surface area contributed by atoms with E-state index in [2.05, 4.69) is 10.9 Å². The lowest BCUT2D eigenvalue weighted by Gasteiger charge is -2.30. The molecule has 10 heteroatoms. The van der Waals surface area contributed by atoms with Crippen molar-refractivity contribution in [2.45, 2.75) is 17.1 Å². The lowest BCUT2D eigenvalue weighted by molar-refractivity contribution is -0.126. The van der Waals surface area contributed by atoms with Gasteiger partial charge in [0, 0.05) is 13.1 Å². The normalized spacial score (nSPS) is 18.6. The molecule has 2 aromatic rings. The number of hydrazine groups is 1. The molecule has 3 rings (SSSR count). The molecule has 7 nitrogen and oxygen atoms in total. The second kappa shape index (κ2) is 7.65. The molecule has 0 radical (unpaired) electrons. The number of nitrogens with zero attached hydrogens (tertiary/aromatic N) is 1. The zero-order valence-electron chi connectivity index (χ0n) is 13.2. The molecule has 2 amide bonds. The van der Waals surface area contributed by atoms with Gasteiger partial charge in [-0.1, -0.05) is 12.1 Å². The van der Waals surface area contributed by atoms with E-state index >= 15 is 0 Å². The van der Waals surface area contributed by atoms with Gasteiger partial charge in [0.1, 0.15) is 4.21 Å². The van der Waals surface area contributed by atoms with Crippen LogP contribution in [0.2, 0.25) is 0 Å². The molecule has 134 valence electrons. The fourth-order valence-electron chi connectivity index (χ4n) is 2.60. The Morgan fingerprint density at radius 2 is 1.88 bits per heavy atom. The van der Waals surface area contributed by atoms with Crippen molar-refractivity contribution in [2.24, 2.45) is 5.92 Å². The largest absolute Gasteiger partial charge is 0.279 e. The predicted molar refractivity (Wildman–Crippen MR) is 95.7 cm³/mol. The van der Waals surface area contributed by atoms with Crippen molar-refractivity contribution in [3.63, 3.8) is 0 Å². The summed E-state index contributed by atoms with van der Waals surface area (Å²) in [6, 6.07) is 6.65. The molecule has 1 aliphatic heterocycles. The summed E-state index contributed by atoms with van der Waals surface area (Å²) >= 11 is 2.43. The zero-order chi connectivity index (χ0) is 17.9. The first-order valence-electron chi connectivity index (χ1n) is 7.66. The third-order valence-corrected chi connectivity index (χ3v) is 8.00. The molecular formula is C15H17N3O4S3. The number of sulfonamides is 1. The van der Waals surface area contributed by atoms with Crippen LogP contribution in [0.25, 0.3) is 0 Å². The van der Waals surface area contributed by atoms with Gasteiger partial charge in [-0.25, -0.2) is 8.42 Å². The highest BCUT2D eigenvalue weighted by Gasteiger charge is 2.33. The van der Waals surface area contributed by atoms with Crippen LogP contribution in [-0.2, 0) is 14.8 Å². The Kier molecular flexibility index (Phi) is 5.52. The van der Waals surface area contributed by atoms with Gasteiger partial charge in [0.15, 0.2) is 0 Å². The van der Waals surface area contributed by atoms with Crippen LogP contribution in [0.3, 0.4) is 0 Å². The maximum absolute atomic E-state index is 12.6. The molecule has 0 aliphatic carbocycles. The Labute approximate surface area is 153 Å². The molecular weight excluding hydrogens is 382 g/mol. The number of amides is 2. The molecule has 1 saturated heterocycles. The maximum atomic E-state index is 12.6. The summed E-state index contributed by atoms with van der Waals surface area (Å²) in [6.07, 6.45) is 1.18. The number of rotatable bonds is 4. The van der Waals surface area contributed by atoms with Gasteiger partial charge in [0.2, 0.25) is 5.91 Å². The molecule has 2 N–H and O–H groups in total. The van der Waals surface area contributed by atoms with Crippen LogP contribution in [0, 0.1) is 5.92 Å². The Morgan fingerprint density at radius 1 is 1.12 bits per heavy atom. The van der Waals surface area contributed by atoms with E-state index in [1.54, 1.807) is 35.0 Å². The molecule has 0 spiro atoms. The number of hydrogen-bond donors (Lipinski definition) is 2. The van der Waals surface area contributed by atoms with Crippen LogP contribution >= 0.6 is 22.7 Å². The minimum Gasteiger partial charge on any atom is -0.273 e. The standard InChI is InChI=1S/C15H17N3O4S3/c19-14(16-17-15(20)12-5-2-8-23-12)11-4-1-7-18(10-11)25(21,22)13-6-3-9-24-13/h2-3,5-6,8-9,11H,1,4,7,10H2,(H,16,19)(H,17,20)/t11-/m0/s1. The van der Waals surface area contributed by atoms with E-state index in [1.165, 1.54) is 15.6 Å². The average molecular weight is 400 g/mol. The van der Waals surface area contributed by atoms with Crippen LogP contribution in [0.4, 0.5) is 0 Å². The minimum absolute atomic E-state index is 0.112. The Bertz CT molecular complexity index is 832. The second-order valence-corrected chi connectivity index (χ2v) is 9.62. The molecule has 0 saturated carbocycles. The molecule has 1 fully saturated rings. The van der Waals surface area contributed by atoms with Crippen molar-refractivity contribution in [1.82, 2.24) is 15.2 Å². The summed E-state index contributed by atoms with van der Waals surface area (Å²) in [5, 5.41) is 3.48. The number of hydrogen-bond acceptors (Lipinski definition) is 6. The topological polar surface area (TPSA) is 95.6 Å². The van der Waals surface area contributed by atoms with E-state index in [4.69, 9.17) is 0 Å². The third kappa shape index (κ3) is 4.09. The van der Waals surface area contributed by atoms with E-state index in [1.807, 2.05) is 0 Å². The predicted octanol–water partition coefficient (Wildman–Crippen LogP) is 1.67. The number of nitrogens with one attached hydrogen (secondary N) is 2. The highest BCUT2D eigenvalue weighted by atomic mass is 32.2. The first-order chi connectivity index (χ1) is 12.0. The summed E-state index contributed by atoms with van der Waals surface area (Å²) in [6.45, 7) is 0.506. The van der Waals surface area contributed by atoms with Gasteiger partial charge < -0.3 is 0 Å². The van der Waals surface area contributed by atoms with Crippen LogP contribution in [-0.4, -0.2) is 37.6 Å². The smallest absolute Gasteiger partial charge is 0.273 e. The maximum Gasteiger partial charge on any atom is 0.279 e. The lowest BCUT2D eigenvalue weighted by Crippen LogP contribution is -2.49. The van der Waals surface area contributed by atoms with Gasteiger partial charge in [0.05, 0.1) is 10.8 Å². The van der Waals surface area contributed by atoms with E-state index in [-0.39, 0.29) is 22.6 Å². The van der Waals surface area contributed by atoms with Crippen LogP contribution in [0.15, 0.2) is 39.2 Å². The highest BCUT2D eigenvalue weighted by Crippen LogP contribution is 2.26. The molecule has 0 aromatic carbocycles. The van der Waals surface area contributed by atoms with Crippen LogP contribution < -0.4 is 10.9 Å². The Morgan fingerprint density at radius 3 is 2.56 bits per heavy atom. The Hall–Kier alpha value is -1.75. The fourth-order valence-corrected chi connectivity index (χ4v) is 5.89. The van der Waals surface area contributed by atoms with Crippen LogP contribution in [0.1, 0.15) is 22.5 Å². The molecule has 1 atom stereocenters. The summed E-state index contributed by atoms with van der Waals surface area (Å²) in [5.74, 6) is -1.26. The number of carbonyl (C=O) groups excluding carboxylic acids is 2. The summed E-state index contributed by atoms with van der Waals surface area (Å²) in [5.41, 5.74) is 4.77. The average Bonchev–Trinajstić information content (AvgIpc) is 3.33. The van der Waals surface area contributed by atoms with E-state index in [9.17, 15) is 18.0 Å². The fraction of sp³-hybridized carbons (Fsp3) is 0.333. The second-order valence-electron chi connectivity index (χ2n) is 5.55. The number of thiophene rings is 2. The van der Waals surface area contributed by atoms with Crippen molar-refractivity contribution in [1.29, 1.82) is 0 Å². The Balaban J connectivity index is 1.59. The van der Waals surface area contributed by atoms with Gasteiger partial charge in [-0.15, -0.1) is 22.7 Å². The summed E-state index contributed by atoms with van der Waals surface area (Å²) in [4.78, 5) is 24.6. The SMILES string of the molecule is O=C(NNC(=O)[C@H]1CCCN(S(=O)(=O)c2cccs2)C1)c1cccs1. The zero-order valence-corrected chi connectivity index (χ0v) is 15.6. The van der Waals surface area contributed by atoms with Gasteiger partial charge in [-0.2, -0.15) is 4.31 Å². The van der Waals surface area contributed by atoms with Crippen molar-refractivity contribution >= 4 is 44.5 Å². The monoisotopic (exact) mass is 399 g/mol. The quantitative estimate of drug-likeness (QED) is 0.765. The molecule has 0 bridgehead atoms. The number of carbonyl (C=O) groups is 2. The molecule has 2 aromatic heterocycles. The first-order valence-corrected chi connectivity index (χ1v) is 10.9. The number of piperidine rings is 1.